The number of hydrogen-bond donors (Lipinski definition) is 0. The van der Waals surface area contributed by atoms with Crippen molar-refractivity contribution in [1.82, 2.24) is 0 Å². The van der Waals surface area contributed by atoms with Crippen LogP contribution in [-0.2, 0) is 23.8 Å². The van der Waals surface area contributed by atoms with Crippen LogP contribution in [0.3, 0.4) is 0 Å². The minimum absolute atomic E-state index is 0.0882. The zero-order valence-electron chi connectivity index (χ0n) is 21.0. The van der Waals surface area contributed by atoms with E-state index >= 15 is 0 Å². The molecule has 0 spiro atoms. The standard InChI is InChI=1S/C29H29FO7/c1-16-20-9-11-28(2)21(27(33)34-4)13-22(37-26(32)17-5-7-19(30)8-6-17)24(31)25(28)29(20,3)14-23(36-16)18-10-12-35-15-18/h5-8,10,12-13,15,20-21,23,25H,1,9,11,14H2,2-4H3/t20-,21-,23-,25-,28-,29-/m0/s1. The number of hydrogen-bond acceptors (Lipinski definition) is 7. The van der Waals surface area contributed by atoms with Gasteiger partial charge in [-0.15, -0.1) is 0 Å². The van der Waals surface area contributed by atoms with Crippen molar-refractivity contribution in [2.24, 2.45) is 28.6 Å². The lowest BCUT2D eigenvalue weighted by atomic mass is 9.44. The maximum absolute atomic E-state index is 14.2. The predicted molar refractivity (Wildman–Crippen MR) is 129 cm³/mol. The largest absolute Gasteiger partial charge is 0.490 e. The number of benzene rings is 1. The van der Waals surface area contributed by atoms with E-state index in [0.29, 0.717) is 25.0 Å². The lowest BCUT2D eigenvalue weighted by Crippen LogP contribution is -2.60. The first-order chi connectivity index (χ1) is 17.6. The van der Waals surface area contributed by atoms with E-state index in [-0.39, 0.29) is 29.1 Å². The van der Waals surface area contributed by atoms with Gasteiger partial charge in [0.1, 0.15) is 11.9 Å². The van der Waals surface area contributed by atoms with Crippen LogP contribution in [0.1, 0.15) is 55.1 Å². The molecule has 6 atom stereocenters. The summed E-state index contributed by atoms with van der Waals surface area (Å²) in [6.45, 7) is 8.14. The van der Waals surface area contributed by atoms with E-state index in [1.54, 1.807) is 12.5 Å². The molecule has 2 heterocycles. The van der Waals surface area contributed by atoms with Gasteiger partial charge in [-0.2, -0.15) is 0 Å². The molecule has 0 amide bonds. The van der Waals surface area contributed by atoms with Gasteiger partial charge in [0, 0.05) is 17.4 Å². The second kappa shape index (κ2) is 9.01. The molecule has 0 N–H and O–H groups in total. The van der Waals surface area contributed by atoms with Crippen molar-refractivity contribution in [3.05, 3.63) is 84.0 Å². The summed E-state index contributed by atoms with van der Waals surface area (Å²) < 4.78 is 35.5. The fourth-order valence-electron chi connectivity index (χ4n) is 6.82. The molecule has 8 heteroatoms. The molecular weight excluding hydrogens is 479 g/mol. The van der Waals surface area contributed by atoms with E-state index < -0.39 is 40.4 Å². The third-order valence-corrected chi connectivity index (χ3v) is 8.58. The van der Waals surface area contributed by atoms with Gasteiger partial charge in [-0.3, -0.25) is 9.59 Å². The normalized spacial score (nSPS) is 32.9. The van der Waals surface area contributed by atoms with Crippen molar-refractivity contribution in [2.75, 3.05) is 7.11 Å². The number of rotatable bonds is 4. The van der Waals surface area contributed by atoms with Crippen LogP contribution in [0.5, 0.6) is 0 Å². The van der Waals surface area contributed by atoms with E-state index in [4.69, 9.17) is 18.6 Å². The lowest BCUT2D eigenvalue weighted by molar-refractivity contribution is -0.174. The molecule has 0 radical (unpaired) electrons. The number of allylic oxidation sites excluding steroid dienone is 2. The summed E-state index contributed by atoms with van der Waals surface area (Å²) in [5, 5.41) is 0. The van der Waals surface area contributed by atoms with Crippen molar-refractivity contribution < 1.29 is 37.4 Å². The van der Waals surface area contributed by atoms with Gasteiger partial charge in [0.05, 0.1) is 36.9 Å². The number of ether oxygens (including phenoxy) is 3. The van der Waals surface area contributed by atoms with Gasteiger partial charge in [0.15, 0.2) is 5.76 Å². The van der Waals surface area contributed by atoms with Gasteiger partial charge in [-0.05, 0) is 66.5 Å². The van der Waals surface area contributed by atoms with Crippen LogP contribution in [0.25, 0.3) is 0 Å². The monoisotopic (exact) mass is 508 g/mol. The lowest BCUT2D eigenvalue weighted by Gasteiger charge is -2.60. The van der Waals surface area contributed by atoms with Gasteiger partial charge in [-0.1, -0.05) is 20.4 Å². The topological polar surface area (TPSA) is 92.0 Å². The second-order valence-corrected chi connectivity index (χ2v) is 10.7. The summed E-state index contributed by atoms with van der Waals surface area (Å²) in [7, 11) is 1.30. The second-order valence-electron chi connectivity index (χ2n) is 10.7. The molecular formula is C29H29FO7. The minimum atomic E-state index is -0.808. The number of Topliss-reactive ketones (excluding diaryl/α,β-unsaturated/α-hetero) is 1. The van der Waals surface area contributed by atoms with E-state index in [0.717, 1.165) is 17.7 Å². The Morgan fingerprint density at radius 1 is 1.14 bits per heavy atom. The Hall–Kier alpha value is -3.68. The highest BCUT2D eigenvalue weighted by atomic mass is 19.1. The Labute approximate surface area is 214 Å². The number of furan rings is 1. The third kappa shape index (κ3) is 3.99. The molecule has 2 aliphatic carbocycles. The summed E-state index contributed by atoms with van der Waals surface area (Å²) in [6.07, 6.45) is 5.93. The number of carbonyl (C=O) groups excluding carboxylic acids is 3. The number of methoxy groups -OCH3 is 1. The van der Waals surface area contributed by atoms with Gasteiger partial charge in [0.25, 0.3) is 0 Å². The van der Waals surface area contributed by atoms with Crippen LogP contribution in [0, 0.1) is 34.4 Å². The zero-order valence-corrected chi connectivity index (χ0v) is 21.0. The van der Waals surface area contributed by atoms with Crippen molar-refractivity contribution in [3.8, 4) is 0 Å². The first kappa shape index (κ1) is 25.0. The fourth-order valence-corrected chi connectivity index (χ4v) is 6.82. The smallest absolute Gasteiger partial charge is 0.343 e. The molecule has 1 aromatic carbocycles. The quantitative estimate of drug-likeness (QED) is 0.500. The molecule has 0 bridgehead atoms. The molecule has 2 fully saturated rings. The summed E-state index contributed by atoms with van der Waals surface area (Å²) in [4.78, 5) is 40.1. The Morgan fingerprint density at radius 3 is 2.51 bits per heavy atom. The molecule has 5 rings (SSSR count). The molecule has 0 unspecified atom stereocenters. The summed E-state index contributed by atoms with van der Waals surface area (Å²) in [6, 6.07) is 6.66. The first-order valence-electron chi connectivity index (χ1n) is 12.3. The predicted octanol–water partition coefficient (Wildman–Crippen LogP) is 5.55. The Balaban J connectivity index is 1.56. The van der Waals surface area contributed by atoms with Gasteiger partial charge in [0.2, 0.25) is 5.78 Å². The zero-order chi connectivity index (χ0) is 26.5. The molecule has 37 heavy (non-hydrogen) atoms. The van der Waals surface area contributed by atoms with Crippen molar-refractivity contribution in [1.29, 1.82) is 0 Å². The number of carbonyl (C=O) groups is 3. The molecule has 1 saturated carbocycles. The van der Waals surface area contributed by atoms with Crippen LogP contribution in [-0.4, -0.2) is 24.8 Å². The van der Waals surface area contributed by atoms with Gasteiger partial charge in [-0.25, -0.2) is 9.18 Å². The highest BCUT2D eigenvalue weighted by Gasteiger charge is 2.65. The van der Waals surface area contributed by atoms with Crippen LogP contribution >= 0.6 is 0 Å². The fraction of sp³-hybridized carbons (Fsp3) is 0.414. The first-order valence-corrected chi connectivity index (χ1v) is 12.3. The van der Waals surface area contributed by atoms with Crippen LogP contribution in [0.15, 0.2) is 71.4 Å². The SMILES string of the molecule is C=C1O[C@H](c2ccoc2)C[C@]2(C)[C@H]3C(=O)C(OC(=O)c4ccc(F)cc4)=C[C@@H](C(=O)OC)[C@]3(C)CC[C@@H]12. The average Bonchev–Trinajstić information content (AvgIpc) is 3.40. The molecule has 2 aromatic rings. The average molecular weight is 509 g/mol. The highest BCUT2D eigenvalue weighted by Crippen LogP contribution is 2.66. The minimum Gasteiger partial charge on any atom is -0.490 e. The Bertz CT molecular complexity index is 1280. The maximum Gasteiger partial charge on any atom is 0.343 e. The van der Waals surface area contributed by atoms with Crippen LogP contribution in [0.4, 0.5) is 4.39 Å². The van der Waals surface area contributed by atoms with Crippen molar-refractivity contribution >= 4 is 17.7 Å². The third-order valence-electron chi connectivity index (χ3n) is 8.58. The number of esters is 2. The number of ketones is 1. The molecule has 7 nitrogen and oxygen atoms in total. The molecule has 1 saturated heterocycles. The molecule has 3 aliphatic rings. The van der Waals surface area contributed by atoms with E-state index in [2.05, 4.69) is 6.58 Å². The van der Waals surface area contributed by atoms with Crippen molar-refractivity contribution in [3.63, 3.8) is 0 Å². The van der Waals surface area contributed by atoms with E-state index in [9.17, 15) is 18.8 Å². The summed E-state index contributed by atoms with van der Waals surface area (Å²) >= 11 is 0. The van der Waals surface area contributed by atoms with Gasteiger partial charge >= 0.3 is 11.9 Å². The molecule has 1 aliphatic heterocycles. The number of fused-ring (bicyclic) bond motifs is 3. The molecule has 194 valence electrons. The number of halogens is 1. The van der Waals surface area contributed by atoms with E-state index in [1.807, 2.05) is 19.9 Å². The summed E-state index contributed by atoms with van der Waals surface area (Å²) in [5.74, 6) is -3.41. The summed E-state index contributed by atoms with van der Waals surface area (Å²) in [5.41, 5.74) is -0.514. The van der Waals surface area contributed by atoms with Crippen LogP contribution in [0.2, 0.25) is 0 Å². The Morgan fingerprint density at radius 2 is 1.86 bits per heavy atom. The van der Waals surface area contributed by atoms with E-state index in [1.165, 1.54) is 25.3 Å². The van der Waals surface area contributed by atoms with Crippen LogP contribution < -0.4 is 0 Å². The maximum atomic E-state index is 14.2. The molecule has 1 aromatic heterocycles. The highest BCUT2D eigenvalue weighted by molar-refractivity contribution is 6.03. The van der Waals surface area contributed by atoms with Gasteiger partial charge < -0.3 is 18.6 Å². The van der Waals surface area contributed by atoms with Crippen molar-refractivity contribution in [2.45, 2.75) is 39.2 Å². The Kier molecular flexibility index (Phi) is 6.09.